The Kier molecular flexibility index (Phi) is 5.28. The molecule has 1 aromatic carbocycles. The predicted molar refractivity (Wildman–Crippen MR) is 64.7 cm³/mol. The van der Waals surface area contributed by atoms with Gasteiger partial charge in [-0.15, -0.1) is 0 Å². The van der Waals surface area contributed by atoms with Crippen LogP contribution in [0, 0.1) is 11.3 Å². The smallest absolute Gasteiger partial charge is 0.356 e. The zero-order valence-corrected chi connectivity index (χ0v) is 10.0. The van der Waals surface area contributed by atoms with Crippen molar-refractivity contribution in [3.8, 4) is 11.8 Å². The highest BCUT2D eigenvalue weighted by Gasteiger charge is 2.04. The summed E-state index contributed by atoms with van der Waals surface area (Å²) in [5, 5.41) is 8.59. The Morgan fingerprint density at radius 3 is 2.30 bits per heavy atom. The average molecular weight is 275 g/mol. The molecule has 0 unspecified atom stereocenters. The Labute approximate surface area is 113 Å². The number of carbonyl (C=O) groups is 3. The highest BCUT2D eigenvalue weighted by molar-refractivity contribution is 5.92. The van der Waals surface area contributed by atoms with Gasteiger partial charge in [0.05, 0.1) is 11.6 Å². The van der Waals surface area contributed by atoms with Crippen molar-refractivity contribution in [1.82, 2.24) is 5.48 Å². The van der Waals surface area contributed by atoms with Crippen LogP contribution in [0.4, 0.5) is 4.79 Å². The quantitative estimate of drug-likeness (QED) is 0.349. The highest BCUT2D eigenvalue weighted by Crippen LogP contribution is 2.11. The molecule has 0 saturated heterocycles. The van der Waals surface area contributed by atoms with E-state index in [9.17, 15) is 14.4 Å². The Morgan fingerprint density at radius 2 is 1.75 bits per heavy atom. The standard InChI is InChI=1S/C12H9N3O5/c13-7-8-1-3-9(4-2-8)19-10(16)5-6-11(17)20-15-12(14)18/h1-6H,(H3,14,15,18)/b6-5-. The van der Waals surface area contributed by atoms with Crippen LogP contribution in [0.1, 0.15) is 5.56 Å². The van der Waals surface area contributed by atoms with Gasteiger partial charge in [0.15, 0.2) is 0 Å². The van der Waals surface area contributed by atoms with Crippen molar-refractivity contribution in [3.05, 3.63) is 42.0 Å². The number of nitrogens with one attached hydrogen (secondary N) is 1. The Hall–Kier alpha value is -3.34. The van der Waals surface area contributed by atoms with Crippen LogP contribution in [0.2, 0.25) is 0 Å². The number of hydrogen-bond acceptors (Lipinski definition) is 6. The number of esters is 1. The summed E-state index contributed by atoms with van der Waals surface area (Å²) in [5.41, 5.74) is 6.66. The molecule has 0 aliphatic heterocycles. The lowest BCUT2D eigenvalue weighted by Crippen LogP contribution is -2.31. The number of nitrogens with zero attached hydrogens (tertiary/aromatic N) is 1. The summed E-state index contributed by atoms with van der Waals surface area (Å²) in [6.07, 6.45) is 1.56. The van der Waals surface area contributed by atoms with E-state index < -0.39 is 18.0 Å². The molecule has 0 saturated carbocycles. The number of ether oxygens (including phenoxy) is 1. The minimum atomic E-state index is -1.05. The molecule has 0 aliphatic carbocycles. The maximum atomic E-state index is 11.3. The van der Waals surface area contributed by atoms with Crippen molar-refractivity contribution in [1.29, 1.82) is 5.26 Å². The lowest BCUT2D eigenvalue weighted by atomic mass is 10.2. The fraction of sp³-hybridized carbons (Fsp3) is 0. The Morgan fingerprint density at radius 1 is 1.15 bits per heavy atom. The molecule has 0 atom stereocenters. The number of benzene rings is 1. The highest BCUT2D eigenvalue weighted by atomic mass is 16.7. The van der Waals surface area contributed by atoms with E-state index in [1.165, 1.54) is 24.3 Å². The zero-order valence-electron chi connectivity index (χ0n) is 10.0. The lowest BCUT2D eigenvalue weighted by Gasteiger charge is -2.01. The normalized spacial score (nSPS) is 9.55. The van der Waals surface area contributed by atoms with Crippen LogP contribution in [0.3, 0.4) is 0 Å². The third kappa shape index (κ3) is 5.33. The number of rotatable bonds is 3. The van der Waals surface area contributed by atoms with Crippen LogP contribution in [0.15, 0.2) is 36.4 Å². The maximum Gasteiger partial charge on any atom is 0.356 e. The topological polar surface area (TPSA) is 132 Å². The van der Waals surface area contributed by atoms with E-state index in [-0.39, 0.29) is 5.75 Å². The number of amides is 2. The van der Waals surface area contributed by atoms with Crippen molar-refractivity contribution in [2.24, 2.45) is 5.73 Å². The first-order chi connectivity index (χ1) is 9.51. The molecule has 1 aromatic rings. The SMILES string of the molecule is N#Cc1ccc(OC(=O)/C=C\C(=O)ONC(N)=O)cc1. The van der Waals surface area contributed by atoms with E-state index in [1.807, 2.05) is 6.07 Å². The fourth-order valence-corrected chi connectivity index (χ4v) is 1.02. The van der Waals surface area contributed by atoms with Crippen molar-refractivity contribution in [2.45, 2.75) is 0 Å². The number of carbonyl (C=O) groups excluding carboxylic acids is 3. The first kappa shape index (κ1) is 14.7. The van der Waals surface area contributed by atoms with Gasteiger partial charge in [0.2, 0.25) is 0 Å². The summed E-state index contributed by atoms with van der Waals surface area (Å²) in [7, 11) is 0. The van der Waals surface area contributed by atoms with Gasteiger partial charge >= 0.3 is 18.0 Å². The first-order valence-electron chi connectivity index (χ1n) is 5.17. The molecule has 102 valence electrons. The zero-order chi connectivity index (χ0) is 15.0. The van der Waals surface area contributed by atoms with E-state index >= 15 is 0 Å². The van der Waals surface area contributed by atoms with Crippen molar-refractivity contribution < 1.29 is 24.0 Å². The van der Waals surface area contributed by atoms with Gasteiger partial charge in [0.1, 0.15) is 5.75 Å². The Bertz CT molecular complexity index is 586. The molecule has 0 radical (unpaired) electrons. The van der Waals surface area contributed by atoms with Gasteiger partial charge in [-0.25, -0.2) is 14.4 Å². The molecule has 0 bridgehead atoms. The summed E-state index contributed by atoms with van der Waals surface area (Å²) in [5.74, 6) is -1.62. The van der Waals surface area contributed by atoms with Crippen LogP contribution in [-0.2, 0) is 14.4 Å². The number of urea groups is 1. The number of hydrogen-bond donors (Lipinski definition) is 2. The molecule has 0 spiro atoms. The molecule has 1 rings (SSSR count). The maximum absolute atomic E-state index is 11.3. The summed E-state index contributed by atoms with van der Waals surface area (Å²) in [4.78, 5) is 36.7. The van der Waals surface area contributed by atoms with Gasteiger partial charge in [-0.3, -0.25) is 0 Å². The molecule has 0 fully saturated rings. The lowest BCUT2D eigenvalue weighted by molar-refractivity contribution is -0.142. The van der Waals surface area contributed by atoms with Gasteiger partial charge in [-0.2, -0.15) is 10.7 Å². The molecular formula is C12H9N3O5. The van der Waals surface area contributed by atoms with Crippen molar-refractivity contribution >= 4 is 18.0 Å². The average Bonchev–Trinajstić information content (AvgIpc) is 2.43. The summed E-state index contributed by atoms with van der Waals surface area (Å²) in [6, 6.07) is 6.66. The van der Waals surface area contributed by atoms with Crippen LogP contribution >= 0.6 is 0 Å². The molecule has 8 heteroatoms. The predicted octanol–water partition coefficient (Wildman–Crippen LogP) is 0.146. The minimum absolute atomic E-state index is 0.210. The van der Waals surface area contributed by atoms with Crippen LogP contribution in [0.25, 0.3) is 0 Å². The van der Waals surface area contributed by atoms with Gasteiger partial charge in [0.25, 0.3) is 0 Å². The number of primary amides is 1. The third-order valence-corrected chi connectivity index (χ3v) is 1.81. The monoisotopic (exact) mass is 275 g/mol. The molecule has 20 heavy (non-hydrogen) atoms. The van der Waals surface area contributed by atoms with Gasteiger partial charge in [-0.05, 0) is 24.3 Å². The first-order valence-corrected chi connectivity index (χ1v) is 5.17. The second-order valence-corrected chi connectivity index (χ2v) is 3.28. The second-order valence-electron chi connectivity index (χ2n) is 3.28. The van der Waals surface area contributed by atoms with Crippen LogP contribution in [0.5, 0.6) is 5.75 Å². The molecule has 0 aromatic heterocycles. The van der Waals surface area contributed by atoms with E-state index in [1.54, 1.807) is 5.48 Å². The second kappa shape index (κ2) is 7.17. The van der Waals surface area contributed by atoms with Gasteiger partial charge < -0.3 is 15.3 Å². The van der Waals surface area contributed by atoms with Gasteiger partial charge in [-0.1, -0.05) is 0 Å². The molecule has 8 nitrogen and oxygen atoms in total. The molecular weight excluding hydrogens is 266 g/mol. The minimum Gasteiger partial charge on any atom is -0.423 e. The van der Waals surface area contributed by atoms with Crippen LogP contribution in [-0.4, -0.2) is 18.0 Å². The van der Waals surface area contributed by atoms with E-state index in [0.717, 1.165) is 12.2 Å². The summed E-state index contributed by atoms with van der Waals surface area (Å²) < 4.78 is 4.83. The summed E-state index contributed by atoms with van der Waals surface area (Å²) >= 11 is 0. The van der Waals surface area contributed by atoms with E-state index in [2.05, 4.69) is 10.6 Å². The number of nitrogens with two attached hydrogens (primary N) is 1. The van der Waals surface area contributed by atoms with Crippen LogP contribution < -0.4 is 16.0 Å². The largest absolute Gasteiger partial charge is 0.423 e. The fourth-order valence-electron chi connectivity index (χ4n) is 1.02. The molecule has 0 heterocycles. The van der Waals surface area contributed by atoms with Crippen molar-refractivity contribution in [3.63, 3.8) is 0 Å². The molecule has 3 N–H and O–H groups in total. The van der Waals surface area contributed by atoms with Crippen molar-refractivity contribution in [2.75, 3.05) is 0 Å². The van der Waals surface area contributed by atoms with Gasteiger partial charge in [0, 0.05) is 12.2 Å². The third-order valence-electron chi connectivity index (χ3n) is 1.81. The van der Waals surface area contributed by atoms with E-state index in [0.29, 0.717) is 5.56 Å². The Balaban J connectivity index is 2.48. The number of nitriles is 1. The molecule has 0 aliphatic rings. The van der Waals surface area contributed by atoms with E-state index in [4.69, 9.17) is 10.00 Å². The molecule has 2 amide bonds. The summed E-state index contributed by atoms with van der Waals surface area (Å²) in [6.45, 7) is 0. The number of hydroxylamine groups is 1.